The van der Waals surface area contributed by atoms with Crippen molar-refractivity contribution in [3.63, 3.8) is 0 Å². The molecule has 0 saturated carbocycles. The van der Waals surface area contributed by atoms with Crippen molar-refractivity contribution in [1.29, 1.82) is 0 Å². The maximum absolute atomic E-state index is 11.8. The molecule has 7 nitrogen and oxygen atoms in total. The molecule has 0 radical (unpaired) electrons. The number of aliphatic carboxylic acids is 1. The first-order valence-electron chi connectivity index (χ1n) is 8.21. The summed E-state index contributed by atoms with van der Waals surface area (Å²) >= 11 is 0. The van der Waals surface area contributed by atoms with E-state index in [0.29, 0.717) is 18.7 Å². The Labute approximate surface area is 152 Å². The van der Waals surface area contributed by atoms with Crippen molar-refractivity contribution in [3.8, 4) is 5.75 Å². The van der Waals surface area contributed by atoms with Crippen molar-refractivity contribution < 1.29 is 24.2 Å². The molecule has 0 fully saturated rings. The van der Waals surface area contributed by atoms with E-state index < -0.39 is 12.1 Å². The van der Waals surface area contributed by atoms with E-state index >= 15 is 0 Å². The van der Waals surface area contributed by atoms with Crippen LogP contribution in [0.5, 0.6) is 5.75 Å². The first-order chi connectivity index (χ1) is 12.6. The van der Waals surface area contributed by atoms with Crippen LogP contribution in [0.25, 0.3) is 0 Å². The molecular formula is C19H22N2O5. The monoisotopic (exact) mass is 358 g/mol. The van der Waals surface area contributed by atoms with Gasteiger partial charge in [0.25, 0.3) is 5.91 Å². The fourth-order valence-corrected chi connectivity index (χ4v) is 2.30. The van der Waals surface area contributed by atoms with E-state index in [-0.39, 0.29) is 18.9 Å². The van der Waals surface area contributed by atoms with Gasteiger partial charge < -0.3 is 19.9 Å². The molecule has 2 aromatic rings. The van der Waals surface area contributed by atoms with Gasteiger partial charge in [-0.05, 0) is 35.7 Å². The van der Waals surface area contributed by atoms with E-state index in [1.807, 2.05) is 12.1 Å². The molecule has 0 spiro atoms. The summed E-state index contributed by atoms with van der Waals surface area (Å²) in [5.41, 5.74) is 1.87. The van der Waals surface area contributed by atoms with Crippen molar-refractivity contribution in [1.82, 2.24) is 10.3 Å². The van der Waals surface area contributed by atoms with Crippen LogP contribution in [0.1, 0.15) is 11.1 Å². The number of hydrogen-bond acceptors (Lipinski definition) is 5. The topological polar surface area (TPSA) is 97.8 Å². The normalized spacial score (nSPS) is 11.6. The van der Waals surface area contributed by atoms with Gasteiger partial charge in [-0.1, -0.05) is 18.2 Å². The van der Waals surface area contributed by atoms with Gasteiger partial charge in [-0.15, -0.1) is 0 Å². The first-order valence-corrected chi connectivity index (χ1v) is 8.21. The molecule has 1 unspecified atom stereocenters. The predicted octanol–water partition coefficient (Wildman–Crippen LogP) is 1.46. The second-order valence-electron chi connectivity index (χ2n) is 5.66. The summed E-state index contributed by atoms with van der Waals surface area (Å²) in [5.74, 6) is -0.667. The summed E-state index contributed by atoms with van der Waals surface area (Å²) in [7, 11) is 1.36. The predicted molar refractivity (Wildman–Crippen MR) is 95.0 cm³/mol. The molecule has 0 aliphatic carbocycles. The van der Waals surface area contributed by atoms with Crippen molar-refractivity contribution in [3.05, 3.63) is 59.9 Å². The van der Waals surface area contributed by atoms with Gasteiger partial charge in [0.15, 0.2) is 12.7 Å². The summed E-state index contributed by atoms with van der Waals surface area (Å²) in [5, 5.41) is 11.8. The lowest BCUT2D eigenvalue weighted by Gasteiger charge is -2.11. The molecule has 2 rings (SSSR count). The molecule has 26 heavy (non-hydrogen) atoms. The van der Waals surface area contributed by atoms with E-state index in [1.165, 1.54) is 7.11 Å². The quantitative estimate of drug-likeness (QED) is 0.667. The minimum atomic E-state index is -1.00. The van der Waals surface area contributed by atoms with Crippen LogP contribution in [0, 0.1) is 0 Å². The van der Waals surface area contributed by atoms with Gasteiger partial charge in [0.05, 0.1) is 0 Å². The highest BCUT2D eigenvalue weighted by Crippen LogP contribution is 2.14. The third-order valence-electron chi connectivity index (χ3n) is 3.73. The second kappa shape index (κ2) is 10.1. The fourth-order valence-electron chi connectivity index (χ4n) is 2.30. The Hall–Kier alpha value is -2.93. The molecule has 1 aromatic heterocycles. The number of amides is 1. The third-order valence-corrected chi connectivity index (χ3v) is 3.73. The van der Waals surface area contributed by atoms with Crippen LogP contribution >= 0.6 is 0 Å². The number of carboxylic acids is 1. The Balaban J connectivity index is 1.71. The standard InChI is InChI=1S/C19H22N2O5/c1-25-17(19(23)24)11-14-4-6-16(7-5-14)26-13-18(22)21-10-8-15-3-2-9-20-12-15/h2-7,9,12,17H,8,10-11,13H2,1H3,(H,21,22)(H,23,24). The number of benzene rings is 1. The van der Waals surface area contributed by atoms with Crippen molar-refractivity contribution in [2.45, 2.75) is 18.9 Å². The third kappa shape index (κ3) is 6.52. The molecule has 2 N–H and O–H groups in total. The Kier molecular flexibility index (Phi) is 7.57. The van der Waals surface area contributed by atoms with Crippen LogP contribution in [0.2, 0.25) is 0 Å². The number of rotatable bonds is 10. The molecule has 0 aliphatic rings. The highest BCUT2D eigenvalue weighted by atomic mass is 16.5. The molecule has 1 aromatic carbocycles. The Morgan fingerprint density at radius 2 is 1.96 bits per heavy atom. The number of carbonyl (C=O) groups excluding carboxylic acids is 1. The second-order valence-corrected chi connectivity index (χ2v) is 5.66. The lowest BCUT2D eigenvalue weighted by atomic mass is 10.1. The van der Waals surface area contributed by atoms with Gasteiger partial charge in [0, 0.05) is 32.5 Å². The van der Waals surface area contributed by atoms with E-state index in [9.17, 15) is 9.59 Å². The fraction of sp³-hybridized carbons (Fsp3) is 0.316. The van der Waals surface area contributed by atoms with Crippen LogP contribution in [0.4, 0.5) is 0 Å². The Bertz CT molecular complexity index is 704. The van der Waals surface area contributed by atoms with E-state index in [0.717, 1.165) is 11.1 Å². The zero-order valence-electron chi connectivity index (χ0n) is 14.6. The van der Waals surface area contributed by atoms with Gasteiger partial charge in [-0.25, -0.2) is 4.79 Å². The van der Waals surface area contributed by atoms with Gasteiger partial charge in [0.2, 0.25) is 0 Å². The maximum Gasteiger partial charge on any atom is 0.333 e. The molecule has 1 atom stereocenters. The highest BCUT2D eigenvalue weighted by Gasteiger charge is 2.16. The number of nitrogens with one attached hydrogen (secondary N) is 1. The summed E-state index contributed by atoms with van der Waals surface area (Å²) in [4.78, 5) is 26.8. The maximum atomic E-state index is 11.8. The van der Waals surface area contributed by atoms with Gasteiger partial charge in [-0.2, -0.15) is 0 Å². The number of hydrogen-bond donors (Lipinski definition) is 2. The SMILES string of the molecule is COC(Cc1ccc(OCC(=O)NCCc2cccnc2)cc1)C(=O)O. The number of carboxylic acid groups (broad SMARTS) is 1. The minimum absolute atomic E-state index is 0.0811. The molecule has 0 bridgehead atoms. The summed E-state index contributed by atoms with van der Waals surface area (Å²) in [6, 6.07) is 10.7. The number of methoxy groups -OCH3 is 1. The van der Waals surface area contributed by atoms with Gasteiger partial charge >= 0.3 is 5.97 Å². The zero-order valence-corrected chi connectivity index (χ0v) is 14.6. The van der Waals surface area contributed by atoms with Gasteiger partial charge in [-0.3, -0.25) is 9.78 Å². The van der Waals surface area contributed by atoms with Gasteiger partial charge in [0.1, 0.15) is 5.75 Å². The Morgan fingerprint density at radius 1 is 1.19 bits per heavy atom. The van der Waals surface area contributed by atoms with E-state index in [2.05, 4.69) is 10.3 Å². The van der Waals surface area contributed by atoms with Crippen molar-refractivity contribution >= 4 is 11.9 Å². The molecule has 0 aliphatic heterocycles. The number of pyridine rings is 1. The van der Waals surface area contributed by atoms with E-state index in [4.69, 9.17) is 14.6 Å². The lowest BCUT2D eigenvalue weighted by Crippen LogP contribution is -2.30. The smallest absolute Gasteiger partial charge is 0.333 e. The van der Waals surface area contributed by atoms with Crippen LogP contribution in [-0.4, -0.2) is 48.3 Å². The number of ether oxygens (including phenoxy) is 2. The molecule has 138 valence electrons. The average Bonchev–Trinajstić information content (AvgIpc) is 2.66. The summed E-state index contributed by atoms with van der Waals surface area (Å²) in [6.07, 6.45) is 3.56. The largest absolute Gasteiger partial charge is 0.484 e. The lowest BCUT2D eigenvalue weighted by molar-refractivity contribution is -0.148. The first kappa shape index (κ1) is 19.4. The van der Waals surface area contributed by atoms with Crippen molar-refractivity contribution in [2.24, 2.45) is 0 Å². The average molecular weight is 358 g/mol. The molecule has 7 heteroatoms. The number of aromatic nitrogens is 1. The molecular weight excluding hydrogens is 336 g/mol. The number of nitrogens with zero attached hydrogens (tertiary/aromatic N) is 1. The summed E-state index contributed by atoms with van der Waals surface area (Å²) in [6.45, 7) is 0.433. The van der Waals surface area contributed by atoms with Crippen LogP contribution < -0.4 is 10.1 Å². The highest BCUT2D eigenvalue weighted by molar-refractivity contribution is 5.77. The molecule has 1 heterocycles. The minimum Gasteiger partial charge on any atom is -0.484 e. The van der Waals surface area contributed by atoms with Crippen molar-refractivity contribution in [2.75, 3.05) is 20.3 Å². The van der Waals surface area contributed by atoms with Crippen LogP contribution in [-0.2, 0) is 27.2 Å². The summed E-state index contributed by atoms with van der Waals surface area (Å²) < 4.78 is 10.3. The Morgan fingerprint density at radius 3 is 2.58 bits per heavy atom. The van der Waals surface area contributed by atoms with Crippen LogP contribution in [0.15, 0.2) is 48.8 Å². The number of carbonyl (C=O) groups is 2. The van der Waals surface area contributed by atoms with E-state index in [1.54, 1.807) is 36.7 Å². The van der Waals surface area contributed by atoms with Crippen LogP contribution in [0.3, 0.4) is 0 Å². The zero-order chi connectivity index (χ0) is 18.8. The molecule has 0 saturated heterocycles. The molecule has 1 amide bonds.